The molecule has 1 N–H and O–H groups in total. The molecular formula is C5H5N3O3S. The van der Waals surface area contributed by atoms with Gasteiger partial charge in [-0.1, -0.05) is 5.16 Å². The summed E-state index contributed by atoms with van der Waals surface area (Å²) < 4.78 is 28.2. The second-order valence-electron chi connectivity index (χ2n) is 1.90. The van der Waals surface area contributed by atoms with Gasteiger partial charge >= 0.3 is 0 Å². The van der Waals surface area contributed by atoms with Crippen molar-refractivity contribution in [3.05, 3.63) is 12.3 Å². The van der Waals surface area contributed by atoms with Crippen LogP contribution in [-0.4, -0.2) is 19.3 Å². The molecule has 1 aromatic rings. The second kappa shape index (κ2) is 3.23. The number of rotatable bonds is 3. The molecule has 7 heteroatoms. The third-order valence-corrected chi connectivity index (χ3v) is 1.98. The molecule has 0 unspecified atom stereocenters. The van der Waals surface area contributed by atoms with Crippen molar-refractivity contribution in [2.24, 2.45) is 0 Å². The molecule has 64 valence electrons. The van der Waals surface area contributed by atoms with Crippen molar-refractivity contribution in [3.8, 4) is 6.07 Å². The molecule has 6 nitrogen and oxygen atoms in total. The fourth-order valence-electron chi connectivity index (χ4n) is 0.546. The number of sulfonamides is 1. The summed E-state index contributed by atoms with van der Waals surface area (Å²) in [6, 6.07) is 2.85. The summed E-state index contributed by atoms with van der Waals surface area (Å²) >= 11 is 0. The minimum absolute atomic E-state index is 0.0743. The molecule has 1 heterocycles. The Morgan fingerprint density at radius 3 is 3.00 bits per heavy atom. The van der Waals surface area contributed by atoms with Gasteiger partial charge in [0, 0.05) is 6.07 Å². The van der Waals surface area contributed by atoms with Crippen LogP contribution < -0.4 is 4.72 Å². The van der Waals surface area contributed by atoms with Gasteiger partial charge < -0.3 is 4.52 Å². The summed E-state index contributed by atoms with van der Waals surface area (Å²) in [7, 11) is -3.59. The van der Waals surface area contributed by atoms with E-state index in [1.54, 1.807) is 0 Å². The number of aromatic nitrogens is 1. The number of anilines is 1. The van der Waals surface area contributed by atoms with E-state index >= 15 is 0 Å². The maximum Gasteiger partial charge on any atom is 0.247 e. The topological polar surface area (TPSA) is 96.0 Å². The SMILES string of the molecule is N#CCS(=O)(=O)Nc1ccon1. The molecular weight excluding hydrogens is 182 g/mol. The summed E-state index contributed by atoms with van der Waals surface area (Å²) in [5, 5.41) is 11.4. The van der Waals surface area contributed by atoms with Gasteiger partial charge in [0.1, 0.15) is 6.26 Å². The number of hydrogen-bond donors (Lipinski definition) is 1. The zero-order valence-corrected chi connectivity index (χ0v) is 6.71. The van der Waals surface area contributed by atoms with Crippen molar-refractivity contribution >= 4 is 15.8 Å². The highest BCUT2D eigenvalue weighted by atomic mass is 32.2. The third kappa shape index (κ3) is 2.25. The quantitative estimate of drug-likeness (QED) is 0.715. The van der Waals surface area contributed by atoms with E-state index in [0.717, 1.165) is 0 Å². The lowest BCUT2D eigenvalue weighted by molar-refractivity contribution is 0.423. The lowest BCUT2D eigenvalue weighted by Crippen LogP contribution is -2.15. The van der Waals surface area contributed by atoms with E-state index in [2.05, 4.69) is 9.68 Å². The molecule has 0 saturated carbocycles. The van der Waals surface area contributed by atoms with E-state index in [0.29, 0.717) is 0 Å². The van der Waals surface area contributed by atoms with Gasteiger partial charge in [-0.25, -0.2) is 8.42 Å². The molecule has 0 spiro atoms. The van der Waals surface area contributed by atoms with E-state index in [4.69, 9.17) is 5.26 Å². The zero-order chi connectivity index (χ0) is 9.03. The van der Waals surface area contributed by atoms with Crippen LogP contribution in [0.2, 0.25) is 0 Å². The predicted octanol–water partition coefficient (Wildman–Crippen LogP) is -0.0601. The molecule has 0 radical (unpaired) electrons. The van der Waals surface area contributed by atoms with Crippen LogP contribution in [0.3, 0.4) is 0 Å². The number of hydrogen-bond acceptors (Lipinski definition) is 5. The molecule has 0 aliphatic carbocycles. The van der Waals surface area contributed by atoms with E-state index in [1.807, 2.05) is 4.72 Å². The van der Waals surface area contributed by atoms with Crippen molar-refractivity contribution in [3.63, 3.8) is 0 Å². The Labute approximate surface area is 68.8 Å². The van der Waals surface area contributed by atoms with E-state index < -0.39 is 15.8 Å². The van der Waals surface area contributed by atoms with Crippen LogP contribution in [0.4, 0.5) is 5.82 Å². The third-order valence-electron chi connectivity index (χ3n) is 0.952. The van der Waals surface area contributed by atoms with E-state index in [1.165, 1.54) is 18.4 Å². The van der Waals surface area contributed by atoms with Crippen molar-refractivity contribution in [1.82, 2.24) is 5.16 Å². The van der Waals surface area contributed by atoms with Gasteiger partial charge in [0.05, 0.1) is 6.07 Å². The first-order valence-corrected chi connectivity index (χ1v) is 4.57. The molecule has 0 fully saturated rings. The summed E-state index contributed by atoms with van der Waals surface area (Å²) in [5.41, 5.74) is 0. The standard InChI is InChI=1S/C5H5N3O3S/c6-2-4-12(9,10)8-5-1-3-11-7-5/h1,3H,4H2,(H,7,8). The molecule has 0 atom stereocenters. The minimum atomic E-state index is -3.59. The van der Waals surface area contributed by atoms with E-state index in [-0.39, 0.29) is 5.82 Å². The minimum Gasteiger partial charge on any atom is -0.363 e. The first-order valence-electron chi connectivity index (χ1n) is 2.92. The molecule has 1 aromatic heterocycles. The maximum atomic E-state index is 10.9. The Morgan fingerprint density at radius 1 is 1.75 bits per heavy atom. The molecule has 0 aliphatic heterocycles. The average molecular weight is 187 g/mol. The molecule has 0 aromatic carbocycles. The average Bonchev–Trinajstić information content (AvgIpc) is 2.38. The summed E-state index contributed by atoms with van der Waals surface area (Å²) in [5.74, 6) is -0.523. The van der Waals surface area contributed by atoms with Gasteiger partial charge in [-0.2, -0.15) is 5.26 Å². The largest absolute Gasteiger partial charge is 0.363 e. The summed E-state index contributed by atoms with van der Waals surface area (Å²) in [6.07, 6.45) is 1.23. The Kier molecular flexibility index (Phi) is 2.30. The van der Waals surface area contributed by atoms with Crippen LogP contribution in [0.1, 0.15) is 0 Å². The monoisotopic (exact) mass is 187 g/mol. The molecule has 0 amide bonds. The molecule has 0 saturated heterocycles. The van der Waals surface area contributed by atoms with Gasteiger partial charge in [0.15, 0.2) is 11.6 Å². The van der Waals surface area contributed by atoms with Crippen LogP contribution in [0.5, 0.6) is 0 Å². The zero-order valence-electron chi connectivity index (χ0n) is 5.89. The lowest BCUT2D eigenvalue weighted by Gasteiger charge is -1.97. The van der Waals surface area contributed by atoms with Gasteiger partial charge in [-0.05, 0) is 0 Å². The maximum absolute atomic E-state index is 10.9. The molecule has 12 heavy (non-hydrogen) atoms. The Morgan fingerprint density at radius 2 is 2.50 bits per heavy atom. The van der Waals surface area contributed by atoms with Crippen molar-refractivity contribution in [2.75, 3.05) is 10.5 Å². The van der Waals surface area contributed by atoms with Crippen LogP contribution in [-0.2, 0) is 10.0 Å². The fourth-order valence-corrected chi connectivity index (χ4v) is 1.21. The van der Waals surface area contributed by atoms with Crippen LogP contribution in [0.25, 0.3) is 0 Å². The van der Waals surface area contributed by atoms with Crippen LogP contribution >= 0.6 is 0 Å². The Bertz CT molecular complexity index is 375. The first-order chi connectivity index (χ1) is 5.64. The fraction of sp³-hybridized carbons (Fsp3) is 0.200. The summed E-state index contributed by atoms with van der Waals surface area (Å²) in [6.45, 7) is 0. The Balaban J connectivity index is 2.71. The van der Waals surface area contributed by atoms with E-state index in [9.17, 15) is 8.42 Å². The highest BCUT2D eigenvalue weighted by Crippen LogP contribution is 2.03. The van der Waals surface area contributed by atoms with Gasteiger partial charge in [-0.15, -0.1) is 0 Å². The molecule has 1 rings (SSSR count). The Hall–Kier alpha value is -1.55. The highest BCUT2D eigenvalue weighted by Gasteiger charge is 2.10. The van der Waals surface area contributed by atoms with Gasteiger partial charge in [0.2, 0.25) is 10.0 Å². The van der Waals surface area contributed by atoms with Crippen LogP contribution in [0, 0.1) is 11.3 Å². The van der Waals surface area contributed by atoms with Gasteiger partial charge in [-0.3, -0.25) is 4.72 Å². The van der Waals surface area contributed by atoms with Crippen molar-refractivity contribution < 1.29 is 12.9 Å². The highest BCUT2D eigenvalue weighted by molar-refractivity contribution is 7.92. The normalized spacial score (nSPS) is 10.6. The number of nitrogens with zero attached hydrogens (tertiary/aromatic N) is 2. The molecule has 0 aliphatic rings. The van der Waals surface area contributed by atoms with Crippen molar-refractivity contribution in [2.45, 2.75) is 0 Å². The predicted molar refractivity (Wildman–Crippen MR) is 39.5 cm³/mol. The van der Waals surface area contributed by atoms with Gasteiger partial charge in [0.25, 0.3) is 0 Å². The summed E-state index contributed by atoms with van der Waals surface area (Å²) in [4.78, 5) is 0. The number of nitrogens with one attached hydrogen (secondary N) is 1. The smallest absolute Gasteiger partial charge is 0.247 e. The lowest BCUT2D eigenvalue weighted by atomic mass is 10.7. The first kappa shape index (κ1) is 8.55. The molecule has 0 bridgehead atoms. The van der Waals surface area contributed by atoms with Crippen LogP contribution in [0.15, 0.2) is 16.9 Å². The number of nitriles is 1. The van der Waals surface area contributed by atoms with Crippen molar-refractivity contribution in [1.29, 1.82) is 5.26 Å². The second-order valence-corrected chi connectivity index (χ2v) is 3.63.